The van der Waals surface area contributed by atoms with E-state index in [2.05, 4.69) is 19.2 Å². The summed E-state index contributed by atoms with van der Waals surface area (Å²) in [5, 5.41) is 24.2. The number of nitrogens with two attached hydrogens (primary N) is 1. The summed E-state index contributed by atoms with van der Waals surface area (Å²) >= 11 is 0. The second-order valence-corrected chi connectivity index (χ2v) is 17.6. The van der Waals surface area contributed by atoms with Crippen LogP contribution in [0.3, 0.4) is 0 Å². The standard InChI is InChI=1S/C44H91N2O7P/c1-3-5-7-9-11-13-15-17-19-20-21-22-23-25-27-29-31-33-35-41(47)39-44(49)46-42(40-53-54(50,51)52-38-37-45)43(48)36-34-32-30-28-26-24-18-16-14-12-10-8-6-4-2/h41-43,47-48H,3-40,45H2,1-2H3,(H,46,49)(H,50,51). The number of carbonyl (C=O) groups is 1. The molecule has 0 bridgehead atoms. The summed E-state index contributed by atoms with van der Waals surface area (Å²) in [5.74, 6) is -0.408. The molecule has 0 fully saturated rings. The molecule has 324 valence electrons. The highest BCUT2D eigenvalue weighted by atomic mass is 31.2. The number of carbonyl (C=O) groups excluding carboxylic acids is 1. The Hall–Kier alpha value is -0.540. The predicted molar refractivity (Wildman–Crippen MR) is 228 cm³/mol. The highest BCUT2D eigenvalue weighted by molar-refractivity contribution is 7.47. The van der Waals surface area contributed by atoms with Gasteiger partial charge in [0.25, 0.3) is 0 Å². The molecule has 0 aliphatic rings. The number of nitrogens with one attached hydrogen (secondary N) is 1. The van der Waals surface area contributed by atoms with Gasteiger partial charge in [-0.05, 0) is 12.8 Å². The number of phosphoric acid groups is 1. The molecule has 0 aliphatic carbocycles. The van der Waals surface area contributed by atoms with Crippen molar-refractivity contribution in [3.05, 3.63) is 0 Å². The molecular weight excluding hydrogens is 699 g/mol. The van der Waals surface area contributed by atoms with Gasteiger partial charge < -0.3 is 26.2 Å². The Kier molecular flexibility index (Phi) is 40.2. The van der Waals surface area contributed by atoms with E-state index in [1.165, 1.54) is 167 Å². The highest BCUT2D eigenvalue weighted by Crippen LogP contribution is 2.43. The molecule has 1 amide bonds. The molecule has 10 heteroatoms. The summed E-state index contributed by atoms with van der Waals surface area (Å²) in [6.07, 6.45) is 40.0. The summed E-state index contributed by atoms with van der Waals surface area (Å²) in [6, 6.07) is -0.890. The second-order valence-electron chi connectivity index (χ2n) is 16.2. The minimum absolute atomic E-state index is 0.0627. The molecule has 0 aromatic carbocycles. The van der Waals surface area contributed by atoms with Gasteiger partial charge in [-0.1, -0.05) is 219 Å². The van der Waals surface area contributed by atoms with Gasteiger partial charge in [0.1, 0.15) is 0 Å². The van der Waals surface area contributed by atoms with E-state index in [4.69, 9.17) is 14.8 Å². The number of unbranched alkanes of at least 4 members (excludes halogenated alkanes) is 30. The number of amides is 1. The maximum Gasteiger partial charge on any atom is 0.472 e. The van der Waals surface area contributed by atoms with E-state index in [1.807, 2.05) is 0 Å². The molecule has 0 rings (SSSR count). The van der Waals surface area contributed by atoms with Crippen molar-refractivity contribution in [1.82, 2.24) is 5.32 Å². The Morgan fingerprint density at radius 2 is 0.889 bits per heavy atom. The van der Waals surface area contributed by atoms with Crippen molar-refractivity contribution in [3.8, 4) is 0 Å². The first kappa shape index (κ1) is 53.5. The minimum Gasteiger partial charge on any atom is -0.393 e. The fourth-order valence-corrected chi connectivity index (χ4v) is 8.00. The summed E-state index contributed by atoms with van der Waals surface area (Å²) in [5.41, 5.74) is 5.37. The number of rotatable bonds is 44. The minimum atomic E-state index is -4.37. The molecule has 0 heterocycles. The molecule has 0 saturated carbocycles. The molecule has 0 radical (unpaired) electrons. The Morgan fingerprint density at radius 1 is 0.556 bits per heavy atom. The second kappa shape index (κ2) is 40.6. The van der Waals surface area contributed by atoms with E-state index in [9.17, 15) is 24.5 Å². The van der Waals surface area contributed by atoms with E-state index >= 15 is 0 Å². The van der Waals surface area contributed by atoms with Gasteiger partial charge in [0, 0.05) is 6.54 Å². The molecular formula is C44H91N2O7P. The average molecular weight is 791 g/mol. The van der Waals surface area contributed by atoms with Crippen LogP contribution >= 0.6 is 7.82 Å². The Balaban J connectivity index is 4.17. The van der Waals surface area contributed by atoms with Gasteiger partial charge >= 0.3 is 7.82 Å². The number of phosphoric ester groups is 1. The maximum atomic E-state index is 12.8. The van der Waals surface area contributed by atoms with Crippen molar-refractivity contribution in [2.45, 2.75) is 257 Å². The normalized spacial score (nSPS) is 14.6. The topological polar surface area (TPSA) is 151 Å². The van der Waals surface area contributed by atoms with E-state index in [0.717, 1.165) is 38.5 Å². The summed E-state index contributed by atoms with van der Waals surface area (Å²) < 4.78 is 22.2. The lowest BCUT2D eigenvalue weighted by Crippen LogP contribution is -2.47. The zero-order chi connectivity index (χ0) is 39.8. The molecule has 0 aromatic heterocycles. The highest BCUT2D eigenvalue weighted by Gasteiger charge is 2.28. The first-order chi connectivity index (χ1) is 26.3. The van der Waals surface area contributed by atoms with Crippen LogP contribution in [0.5, 0.6) is 0 Å². The Bertz CT molecular complexity index is 837. The van der Waals surface area contributed by atoms with Crippen LogP contribution in [0.2, 0.25) is 0 Å². The summed E-state index contributed by atoms with van der Waals surface area (Å²) in [6.45, 7) is 4.07. The fourth-order valence-electron chi connectivity index (χ4n) is 7.24. The van der Waals surface area contributed by atoms with E-state index in [0.29, 0.717) is 12.8 Å². The van der Waals surface area contributed by atoms with Crippen molar-refractivity contribution < 1.29 is 33.5 Å². The van der Waals surface area contributed by atoms with Crippen LogP contribution in [-0.2, 0) is 18.4 Å². The Labute approximate surface area is 334 Å². The van der Waals surface area contributed by atoms with Crippen molar-refractivity contribution in [2.24, 2.45) is 5.73 Å². The van der Waals surface area contributed by atoms with E-state index in [-0.39, 0.29) is 26.2 Å². The van der Waals surface area contributed by atoms with Gasteiger partial charge in [-0.25, -0.2) is 4.57 Å². The molecule has 54 heavy (non-hydrogen) atoms. The van der Waals surface area contributed by atoms with Crippen LogP contribution in [-0.4, -0.2) is 59.0 Å². The predicted octanol–water partition coefficient (Wildman–Crippen LogP) is 12.0. The third kappa shape index (κ3) is 38.3. The first-order valence-electron chi connectivity index (χ1n) is 23.2. The summed E-state index contributed by atoms with van der Waals surface area (Å²) in [4.78, 5) is 22.8. The first-order valence-corrected chi connectivity index (χ1v) is 24.7. The van der Waals surface area contributed by atoms with Gasteiger partial charge in [0.2, 0.25) is 5.91 Å². The van der Waals surface area contributed by atoms with Gasteiger partial charge in [0.05, 0.1) is 37.9 Å². The monoisotopic (exact) mass is 791 g/mol. The van der Waals surface area contributed by atoms with Crippen LogP contribution in [0.1, 0.15) is 239 Å². The van der Waals surface area contributed by atoms with Crippen molar-refractivity contribution in [1.29, 1.82) is 0 Å². The molecule has 0 spiro atoms. The fraction of sp³-hybridized carbons (Fsp3) is 0.977. The molecule has 0 aromatic rings. The number of aliphatic hydroxyl groups excluding tert-OH is 2. The largest absolute Gasteiger partial charge is 0.472 e. The van der Waals surface area contributed by atoms with Gasteiger partial charge in [-0.2, -0.15) is 0 Å². The van der Waals surface area contributed by atoms with Gasteiger partial charge in [0.15, 0.2) is 0 Å². The molecule has 9 nitrogen and oxygen atoms in total. The molecule has 0 saturated heterocycles. The summed E-state index contributed by atoms with van der Waals surface area (Å²) in [7, 11) is -4.37. The SMILES string of the molecule is CCCCCCCCCCCCCCCCCCCCC(O)CC(=O)NC(COP(=O)(O)OCCN)C(O)CCCCCCCCCCCCCCCC. The van der Waals surface area contributed by atoms with Crippen LogP contribution in [0.4, 0.5) is 0 Å². The van der Waals surface area contributed by atoms with Crippen LogP contribution in [0.15, 0.2) is 0 Å². The lowest BCUT2D eigenvalue weighted by atomic mass is 10.0. The van der Waals surface area contributed by atoms with Crippen LogP contribution in [0.25, 0.3) is 0 Å². The third-order valence-electron chi connectivity index (χ3n) is 10.8. The molecule has 4 unspecified atom stereocenters. The Morgan fingerprint density at radius 3 is 1.24 bits per heavy atom. The number of aliphatic hydroxyl groups is 2. The zero-order valence-electron chi connectivity index (χ0n) is 35.6. The zero-order valence-corrected chi connectivity index (χ0v) is 36.5. The van der Waals surface area contributed by atoms with Gasteiger partial charge in [-0.15, -0.1) is 0 Å². The molecule has 6 N–H and O–H groups in total. The van der Waals surface area contributed by atoms with Gasteiger partial charge in [-0.3, -0.25) is 13.8 Å². The number of hydrogen-bond donors (Lipinski definition) is 5. The lowest BCUT2D eigenvalue weighted by molar-refractivity contribution is -0.125. The lowest BCUT2D eigenvalue weighted by Gasteiger charge is -2.25. The quantitative estimate of drug-likeness (QED) is 0.0302. The van der Waals surface area contributed by atoms with Crippen molar-refractivity contribution in [2.75, 3.05) is 19.8 Å². The molecule has 0 aliphatic heterocycles. The third-order valence-corrected chi connectivity index (χ3v) is 11.7. The smallest absolute Gasteiger partial charge is 0.393 e. The van der Waals surface area contributed by atoms with Crippen LogP contribution < -0.4 is 11.1 Å². The van der Waals surface area contributed by atoms with Crippen LogP contribution in [0, 0.1) is 0 Å². The number of hydrogen-bond acceptors (Lipinski definition) is 7. The van der Waals surface area contributed by atoms with Crippen molar-refractivity contribution >= 4 is 13.7 Å². The average Bonchev–Trinajstić information content (AvgIpc) is 3.15. The van der Waals surface area contributed by atoms with Crippen molar-refractivity contribution in [3.63, 3.8) is 0 Å². The maximum absolute atomic E-state index is 12.8. The van der Waals surface area contributed by atoms with E-state index < -0.39 is 32.0 Å². The van der Waals surface area contributed by atoms with E-state index in [1.54, 1.807) is 0 Å². The molecule has 4 atom stereocenters.